The van der Waals surface area contributed by atoms with E-state index in [0.717, 1.165) is 12.8 Å². The third kappa shape index (κ3) is 3.76. The Morgan fingerprint density at radius 1 is 1.56 bits per heavy atom. The highest BCUT2D eigenvalue weighted by Gasteiger charge is 2.40. The maximum absolute atomic E-state index is 11.9. The Morgan fingerprint density at radius 2 is 2.19 bits per heavy atom. The molecule has 4 heteroatoms. The molecule has 1 saturated carbocycles. The average molecular weight is 229 g/mol. The van der Waals surface area contributed by atoms with E-state index >= 15 is 0 Å². The lowest BCUT2D eigenvalue weighted by molar-refractivity contribution is -0.152. The molecule has 1 aliphatic carbocycles. The second-order valence-corrected chi connectivity index (χ2v) is 4.72. The maximum Gasteiger partial charge on any atom is 0.326 e. The molecule has 0 heterocycles. The van der Waals surface area contributed by atoms with E-state index in [1.165, 1.54) is 0 Å². The van der Waals surface area contributed by atoms with Crippen molar-refractivity contribution in [1.82, 2.24) is 5.32 Å². The van der Waals surface area contributed by atoms with Crippen LogP contribution < -0.4 is 5.32 Å². The van der Waals surface area contributed by atoms with E-state index < -0.39 is 5.54 Å². The summed E-state index contributed by atoms with van der Waals surface area (Å²) < 4.78 is 10.4. The number of esters is 1. The lowest BCUT2D eigenvalue weighted by atomic mass is 9.94. The van der Waals surface area contributed by atoms with Crippen LogP contribution in [-0.4, -0.2) is 37.4 Å². The molecule has 1 rings (SSSR count). The second kappa shape index (κ2) is 5.64. The molecule has 0 saturated heterocycles. The minimum absolute atomic E-state index is 0.0423. The Kier molecular flexibility index (Phi) is 4.74. The van der Waals surface area contributed by atoms with Gasteiger partial charge in [0.25, 0.3) is 0 Å². The fraction of sp³-hybridized carbons (Fsp3) is 0.917. The molecular formula is C12H23NO3. The summed E-state index contributed by atoms with van der Waals surface area (Å²) in [6.45, 7) is 6.11. The number of carbonyl (C=O) groups is 1. The molecule has 0 aromatic heterocycles. The highest BCUT2D eigenvalue weighted by atomic mass is 16.5. The molecule has 1 fully saturated rings. The Morgan fingerprint density at radius 3 is 2.62 bits per heavy atom. The van der Waals surface area contributed by atoms with Gasteiger partial charge in [0.15, 0.2) is 0 Å². The summed E-state index contributed by atoms with van der Waals surface area (Å²) in [5.41, 5.74) is -0.618. The molecule has 0 amide bonds. The number of nitrogens with one attached hydrogen (secondary N) is 1. The molecule has 1 aliphatic rings. The SMILES string of the molecule is CCOC(=O)C(C)(CC(C)OC)NC1CC1. The van der Waals surface area contributed by atoms with Crippen molar-refractivity contribution < 1.29 is 14.3 Å². The predicted octanol–water partition coefficient (Wildman–Crippen LogP) is 1.49. The molecule has 4 nitrogen and oxygen atoms in total. The molecule has 0 spiro atoms. The third-order valence-corrected chi connectivity index (χ3v) is 2.92. The van der Waals surface area contributed by atoms with Gasteiger partial charge in [0.05, 0.1) is 12.7 Å². The molecule has 0 aromatic carbocycles. The second-order valence-electron chi connectivity index (χ2n) is 4.72. The fourth-order valence-electron chi connectivity index (χ4n) is 1.83. The van der Waals surface area contributed by atoms with E-state index in [-0.39, 0.29) is 12.1 Å². The molecule has 94 valence electrons. The Labute approximate surface area is 97.7 Å². The molecule has 0 aliphatic heterocycles. The van der Waals surface area contributed by atoms with Gasteiger partial charge < -0.3 is 9.47 Å². The first-order valence-corrected chi connectivity index (χ1v) is 5.99. The van der Waals surface area contributed by atoms with E-state index in [2.05, 4.69) is 5.32 Å². The van der Waals surface area contributed by atoms with Gasteiger partial charge in [0.2, 0.25) is 0 Å². The summed E-state index contributed by atoms with van der Waals surface area (Å²) >= 11 is 0. The molecule has 0 radical (unpaired) electrons. The first kappa shape index (κ1) is 13.5. The van der Waals surface area contributed by atoms with Crippen LogP contribution in [0.5, 0.6) is 0 Å². The Balaban J connectivity index is 2.61. The van der Waals surface area contributed by atoms with Gasteiger partial charge in [-0.1, -0.05) is 0 Å². The van der Waals surface area contributed by atoms with E-state index in [1.54, 1.807) is 7.11 Å². The van der Waals surface area contributed by atoms with Crippen LogP contribution in [0.15, 0.2) is 0 Å². The van der Waals surface area contributed by atoms with Crippen LogP contribution in [0.25, 0.3) is 0 Å². The van der Waals surface area contributed by atoms with Crippen molar-refractivity contribution in [3.8, 4) is 0 Å². The number of rotatable bonds is 7. The quantitative estimate of drug-likeness (QED) is 0.672. The van der Waals surface area contributed by atoms with Crippen molar-refractivity contribution in [3.05, 3.63) is 0 Å². The van der Waals surface area contributed by atoms with Crippen LogP contribution in [0, 0.1) is 0 Å². The first-order chi connectivity index (χ1) is 7.51. The summed E-state index contributed by atoms with van der Waals surface area (Å²) in [5.74, 6) is -0.175. The van der Waals surface area contributed by atoms with Gasteiger partial charge in [-0.25, -0.2) is 0 Å². The molecule has 1 N–H and O–H groups in total. The molecular weight excluding hydrogens is 206 g/mol. The van der Waals surface area contributed by atoms with Crippen LogP contribution in [0.4, 0.5) is 0 Å². The van der Waals surface area contributed by atoms with E-state index in [0.29, 0.717) is 19.1 Å². The number of methoxy groups -OCH3 is 1. The number of carbonyl (C=O) groups excluding carboxylic acids is 1. The zero-order chi connectivity index (χ0) is 12.2. The van der Waals surface area contributed by atoms with Crippen molar-refractivity contribution >= 4 is 5.97 Å². The Hall–Kier alpha value is -0.610. The summed E-state index contributed by atoms with van der Waals surface area (Å²) in [7, 11) is 1.66. The van der Waals surface area contributed by atoms with Crippen molar-refractivity contribution in [1.29, 1.82) is 0 Å². The number of ether oxygens (including phenoxy) is 2. The van der Waals surface area contributed by atoms with Gasteiger partial charge in [-0.3, -0.25) is 10.1 Å². The number of hydrogen-bond donors (Lipinski definition) is 1. The van der Waals surface area contributed by atoms with Crippen molar-refractivity contribution in [2.45, 2.75) is 57.7 Å². The van der Waals surface area contributed by atoms with Crippen LogP contribution >= 0.6 is 0 Å². The van der Waals surface area contributed by atoms with Gasteiger partial charge in [-0.05, 0) is 33.6 Å². The first-order valence-electron chi connectivity index (χ1n) is 5.99. The van der Waals surface area contributed by atoms with E-state index in [9.17, 15) is 4.79 Å². The lowest BCUT2D eigenvalue weighted by Crippen LogP contribution is -2.53. The topological polar surface area (TPSA) is 47.6 Å². The normalized spacial score (nSPS) is 21.2. The van der Waals surface area contributed by atoms with Crippen LogP contribution in [0.2, 0.25) is 0 Å². The third-order valence-electron chi connectivity index (χ3n) is 2.92. The summed E-state index contributed by atoms with van der Waals surface area (Å²) in [4.78, 5) is 11.9. The molecule has 16 heavy (non-hydrogen) atoms. The van der Waals surface area contributed by atoms with Crippen LogP contribution in [0.1, 0.15) is 40.0 Å². The summed E-state index contributed by atoms with van der Waals surface area (Å²) in [6, 6.07) is 0.471. The predicted molar refractivity (Wildman–Crippen MR) is 62.3 cm³/mol. The minimum Gasteiger partial charge on any atom is -0.465 e. The van der Waals surface area contributed by atoms with Crippen molar-refractivity contribution in [2.24, 2.45) is 0 Å². The number of hydrogen-bond acceptors (Lipinski definition) is 4. The maximum atomic E-state index is 11.9. The van der Waals surface area contributed by atoms with Crippen LogP contribution in [-0.2, 0) is 14.3 Å². The lowest BCUT2D eigenvalue weighted by Gasteiger charge is -2.30. The largest absolute Gasteiger partial charge is 0.465 e. The fourth-order valence-corrected chi connectivity index (χ4v) is 1.83. The smallest absolute Gasteiger partial charge is 0.326 e. The van der Waals surface area contributed by atoms with E-state index in [4.69, 9.17) is 9.47 Å². The van der Waals surface area contributed by atoms with Gasteiger partial charge >= 0.3 is 5.97 Å². The summed E-state index contributed by atoms with van der Waals surface area (Å²) in [6.07, 6.45) is 2.98. The zero-order valence-corrected chi connectivity index (χ0v) is 10.7. The average Bonchev–Trinajstić information content (AvgIpc) is 3.01. The van der Waals surface area contributed by atoms with Gasteiger partial charge in [0.1, 0.15) is 5.54 Å². The summed E-state index contributed by atoms with van der Waals surface area (Å²) in [5, 5.41) is 3.36. The Bertz CT molecular complexity index is 240. The van der Waals surface area contributed by atoms with Crippen LogP contribution in [0.3, 0.4) is 0 Å². The van der Waals surface area contributed by atoms with Gasteiger partial charge in [-0.15, -0.1) is 0 Å². The monoisotopic (exact) mass is 229 g/mol. The molecule has 2 atom stereocenters. The minimum atomic E-state index is -0.618. The molecule has 2 unspecified atom stereocenters. The standard InChI is InChI=1S/C12H23NO3/c1-5-16-11(14)12(3,8-9(2)15-4)13-10-6-7-10/h9-10,13H,5-8H2,1-4H3. The van der Waals surface area contributed by atoms with E-state index in [1.807, 2.05) is 20.8 Å². The van der Waals surface area contributed by atoms with Crippen molar-refractivity contribution in [2.75, 3.05) is 13.7 Å². The highest BCUT2D eigenvalue weighted by Crippen LogP contribution is 2.26. The molecule has 0 aromatic rings. The van der Waals surface area contributed by atoms with Gasteiger partial charge in [0, 0.05) is 19.6 Å². The van der Waals surface area contributed by atoms with Gasteiger partial charge in [-0.2, -0.15) is 0 Å². The molecule has 0 bridgehead atoms. The zero-order valence-electron chi connectivity index (χ0n) is 10.7. The van der Waals surface area contributed by atoms with Crippen molar-refractivity contribution in [3.63, 3.8) is 0 Å². The highest BCUT2D eigenvalue weighted by molar-refractivity contribution is 5.80.